The standard InChI is InChI=1S/C12H21F4N2O5P/c13-9-10(19)17-5-1-3-7-22-24(21)23-8-4-2-6-18-11(20)12(14,15)16/h24H,1-9H2,(H,17,19)(H,18,20). The SMILES string of the molecule is O=C(CF)NCCCCO[PH](=O)OCCCCNC(=O)C(F)(F)F. The smallest absolute Gasteiger partial charge is 0.354 e. The molecule has 142 valence electrons. The molecule has 0 radical (unpaired) electrons. The topological polar surface area (TPSA) is 93.7 Å². The molecule has 0 heterocycles. The van der Waals surface area contributed by atoms with Crippen molar-refractivity contribution in [1.82, 2.24) is 10.6 Å². The zero-order chi connectivity index (χ0) is 18.4. The molecule has 0 aliphatic heterocycles. The van der Waals surface area contributed by atoms with Gasteiger partial charge in [0.15, 0.2) is 6.67 Å². The first-order valence-corrected chi connectivity index (χ1v) is 8.47. The van der Waals surface area contributed by atoms with Gasteiger partial charge in [-0.05, 0) is 25.7 Å². The highest BCUT2D eigenvalue weighted by Crippen LogP contribution is 2.24. The van der Waals surface area contributed by atoms with E-state index in [0.717, 1.165) is 0 Å². The highest BCUT2D eigenvalue weighted by atomic mass is 31.1. The second-order valence-corrected chi connectivity index (χ2v) is 5.68. The Morgan fingerprint density at radius 2 is 1.42 bits per heavy atom. The number of unbranched alkanes of at least 4 members (excludes halogenated alkanes) is 2. The summed E-state index contributed by atoms with van der Waals surface area (Å²) in [5.41, 5.74) is 0. The molecule has 2 N–H and O–H groups in total. The lowest BCUT2D eigenvalue weighted by atomic mass is 10.3. The molecule has 0 bridgehead atoms. The Balaban J connectivity index is 3.41. The van der Waals surface area contributed by atoms with Crippen molar-refractivity contribution < 1.29 is 40.8 Å². The van der Waals surface area contributed by atoms with E-state index < -0.39 is 32.9 Å². The number of alkyl halides is 4. The van der Waals surface area contributed by atoms with E-state index in [4.69, 9.17) is 9.05 Å². The normalized spacial score (nSPS) is 12.7. The number of amides is 2. The largest absolute Gasteiger partial charge is 0.471 e. The lowest BCUT2D eigenvalue weighted by Gasteiger charge is -2.08. The van der Waals surface area contributed by atoms with Crippen LogP contribution in [0.5, 0.6) is 0 Å². The zero-order valence-electron chi connectivity index (χ0n) is 12.9. The summed E-state index contributed by atoms with van der Waals surface area (Å²) in [6.07, 6.45) is -3.32. The van der Waals surface area contributed by atoms with Crippen molar-refractivity contribution >= 4 is 20.1 Å². The van der Waals surface area contributed by atoms with Gasteiger partial charge < -0.3 is 19.7 Å². The molecule has 0 fully saturated rings. The van der Waals surface area contributed by atoms with E-state index in [1.807, 2.05) is 0 Å². The van der Waals surface area contributed by atoms with Crippen LogP contribution < -0.4 is 10.6 Å². The Bertz CT molecular complexity index is 409. The van der Waals surface area contributed by atoms with Crippen LogP contribution >= 0.6 is 8.25 Å². The van der Waals surface area contributed by atoms with Crippen LogP contribution in [0.3, 0.4) is 0 Å². The molecule has 1 atom stereocenters. The van der Waals surface area contributed by atoms with Gasteiger partial charge in [-0.15, -0.1) is 0 Å². The molecule has 0 rings (SSSR count). The fourth-order valence-corrected chi connectivity index (χ4v) is 2.09. The molecule has 0 spiro atoms. The quantitative estimate of drug-likeness (QED) is 0.288. The lowest BCUT2D eigenvalue weighted by molar-refractivity contribution is -0.173. The van der Waals surface area contributed by atoms with E-state index in [1.165, 1.54) is 0 Å². The van der Waals surface area contributed by atoms with E-state index in [2.05, 4.69) is 5.32 Å². The average molecular weight is 380 g/mol. The highest BCUT2D eigenvalue weighted by Gasteiger charge is 2.38. The van der Waals surface area contributed by atoms with Crippen molar-refractivity contribution in [1.29, 1.82) is 0 Å². The minimum absolute atomic E-state index is 0.0340. The van der Waals surface area contributed by atoms with Crippen LogP contribution in [0.15, 0.2) is 0 Å². The fraction of sp³-hybridized carbons (Fsp3) is 0.833. The number of halogens is 4. The van der Waals surface area contributed by atoms with Crippen molar-refractivity contribution in [2.45, 2.75) is 31.9 Å². The van der Waals surface area contributed by atoms with E-state index in [0.29, 0.717) is 19.3 Å². The molecule has 0 aromatic rings. The molecular weight excluding hydrogens is 359 g/mol. The van der Waals surface area contributed by atoms with Gasteiger partial charge in [0.05, 0.1) is 13.2 Å². The zero-order valence-corrected chi connectivity index (χ0v) is 13.9. The van der Waals surface area contributed by atoms with Gasteiger partial charge in [-0.2, -0.15) is 13.2 Å². The Morgan fingerprint density at radius 3 is 1.88 bits per heavy atom. The molecule has 0 aliphatic carbocycles. The predicted molar refractivity (Wildman–Crippen MR) is 77.4 cm³/mol. The number of nitrogens with one attached hydrogen (secondary N) is 2. The summed E-state index contributed by atoms with van der Waals surface area (Å²) in [5, 5.41) is 4.02. The number of rotatable bonds is 13. The van der Waals surface area contributed by atoms with Gasteiger partial charge in [0.1, 0.15) is 0 Å². The fourth-order valence-electron chi connectivity index (χ4n) is 1.38. The molecule has 24 heavy (non-hydrogen) atoms. The molecule has 7 nitrogen and oxygen atoms in total. The first kappa shape index (κ1) is 22.8. The Hall–Kier alpha value is -1.19. The Kier molecular flexibility index (Phi) is 12.5. The van der Waals surface area contributed by atoms with Gasteiger partial charge in [-0.1, -0.05) is 0 Å². The summed E-state index contributed by atoms with van der Waals surface area (Å²) >= 11 is 0. The molecule has 0 aliphatic rings. The van der Waals surface area contributed by atoms with Gasteiger partial charge in [-0.25, -0.2) is 4.39 Å². The average Bonchev–Trinajstić information content (AvgIpc) is 2.52. The molecule has 2 amide bonds. The van der Waals surface area contributed by atoms with Gasteiger partial charge in [0, 0.05) is 13.1 Å². The summed E-state index contributed by atoms with van der Waals surface area (Å²) in [4.78, 5) is 21.1. The number of hydrogen-bond acceptors (Lipinski definition) is 5. The Morgan fingerprint density at radius 1 is 0.917 bits per heavy atom. The molecule has 12 heteroatoms. The van der Waals surface area contributed by atoms with Crippen LogP contribution in [0.25, 0.3) is 0 Å². The van der Waals surface area contributed by atoms with E-state index in [1.54, 1.807) is 5.32 Å². The van der Waals surface area contributed by atoms with Crippen molar-refractivity contribution in [3.05, 3.63) is 0 Å². The number of carbonyl (C=O) groups excluding carboxylic acids is 2. The van der Waals surface area contributed by atoms with Crippen LogP contribution in [0, 0.1) is 0 Å². The van der Waals surface area contributed by atoms with Crippen LogP contribution in [0.4, 0.5) is 17.6 Å². The van der Waals surface area contributed by atoms with Crippen LogP contribution in [-0.2, 0) is 23.2 Å². The third kappa shape index (κ3) is 13.3. The highest BCUT2D eigenvalue weighted by molar-refractivity contribution is 7.33. The minimum atomic E-state index is -4.90. The second kappa shape index (κ2) is 13.1. The third-order valence-electron chi connectivity index (χ3n) is 2.57. The van der Waals surface area contributed by atoms with Crippen molar-refractivity contribution in [2.75, 3.05) is 33.0 Å². The van der Waals surface area contributed by atoms with Gasteiger partial charge in [-0.3, -0.25) is 14.2 Å². The summed E-state index contributed by atoms with van der Waals surface area (Å²) in [6, 6.07) is 0. The van der Waals surface area contributed by atoms with Gasteiger partial charge in [0.2, 0.25) is 0 Å². The number of hydrogen-bond donors (Lipinski definition) is 2. The monoisotopic (exact) mass is 380 g/mol. The van der Waals surface area contributed by atoms with Crippen LogP contribution in [0.2, 0.25) is 0 Å². The molecule has 0 aromatic heterocycles. The maximum absolute atomic E-state index is 11.9. The minimum Gasteiger partial charge on any atom is -0.354 e. The Labute approximate surface area is 137 Å². The van der Waals surface area contributed by atoms with E-state index >= 15 is 0 Å². The molecule has 0 aromatic carbocycles. The summed E-state index contributed by atoms with van der Waals surface area (Å²) in [7, 11) is -2.69. The predicted octanol–water partition coefficient (Wildman–Crippen LogP) is 1.73. The van der Waals surface area contributed by atoms with Crippen LogP contribution in [-0.4, -0.2) is 51.0 Å². The van der Waals surface area contributed by atoms with Gasteiger partial charge in [0.25, 0.3) is 5.91 Å². The maximum atomic E-state index is 11.9. The van der Waals surface area contributed by atoms with Crippen molar-refractivity contribution in [3.63, 3.8) is 0 Å². The van der Waals surface area contributed by atoms with Gasteiger partial charge >= 0.3 is 20.3 Å². The first-order valence-electron chi connectivity index (χ1n) is 7.24. The summed E-state index contributed by atoms with van der Waals surface area (Å²) < 4.78 is 68.4. The molecule has 1 unspecified atom stereocenters. The molecule has 0 saturated heterocycles. The first-order chi connectivity index (χ1) is 11.3. The van der Waals surface area contributed by atoms with E-state index in [-0.39, 0.29) is 32.7 Å². The van der Waals surface area contributed by atoms with E-state index in [9.17, 15) is 31.7 Å². The second-order valence-electron chi connectivity index (χ2n) is 4.60. The van der Waals surface area contributed by atoms with Crippen molar-refractivity contribution in [3.8, 4) is 0 Å². The third-order valence-corrected chi connectivity index (χ3v) is 3.45. The number of carbonyl (C=O) groups is 2. The molecular formula is C12H21F4N2O5P. The summed E-state index contributed by atoms with van der Waals surface area (Å²) in [6.45, 7) is -0.763. The van der Waals surface area contributed by atoms with Crippen LogP contribution in [0.1, 0.15) is 25.7 Å². The lowest BCUT2D eigenvalue weighted by Crippen LogP contribution is -2.37. The molecule has 0 saturated carbocycles. The summed E-state index contributed by atoms with van der Waals surface area (Å²) in [5.74, 6) is -2.69. The van der Waals surface area contributed by atoms with Crippen molar-refractivity contribution in [2.24, 2.45) is 0 Å². The maximum Gasteiger partial charge on any atom is 0.471 e.